The van der Waals surface area contributed by atoms with Crippen molar-refractivity contribution in [3.8, 4) is 0 Å². The van der Waals surface area contributed by atoms with E-state index in [1.165, 1.54) is 0 Å². The van der Waals surface area contributed by atoms with Gasteiger partial charge in [0, 0.05) is 0 Å². The van der Waals surface area contributed by atoms with E-state index < -0.39 is 52.0 Å². The Morgan fingerprint density at radius 1 is 0.882 bits per heavy atom. The second kappa shape index (κ2) is 4.93. The Morgan fingerprint density at radius 3 is 1.59 bits per heavy atom. The Hall–Kier alpha value is -1.27. The van der Waals surface area contributed by atoms with Gasteiger partial charge in [-0.3, -0.25) is 9.59 Å². The highest BCUT2D eigenvalue weighted by molar-refractivity contribution is 6.20. The van der Waals surface area contributed by atoms with E-state index in [2.05, 4.69) is 9.47 Å². The van der Waals surface area contributed by atoms with Crippen molar-refractivity contribution >= 4 is 39.8 Å². The number of rotatable bonds is 4. The average molecular weight is 258 g/mol. The van der Waals surface area contributed by atoms with Gasteiger partial charge >= 0.3 is 39.8 Å². The molecule has 17 heavy (non-hydrogen) atoms. The SMILES string of the molecule is O=C1CC([O][AlH][O]C2CC(=O)OC2=O)C(=O)O1. The molecular weight excluding hydrogens is 251 g/mol. The number of cyclic esters (lactones) is 4. The number of carbonyl (C=O) groups excluding carboxylic acids is 4. The summed E-state index contributed by atoms with van der Waals surface area (Å²) in [5, 5.41) is 0. The standard InChI is InChI=1S/2C4H3O4.Al.H/c2*5-2-1-3(6)8-4(2)7;;/h2*2H,1H2;;/q2*-1;+2;. The molecule has 0 aliphatic carbocycles. The van der Waals surface area contributed by atoms with Crippen LogP contribution < -0.4 is 0 Å². The average Bonchev–Trinajstić information content (AvgIpc) is 2.71. The van der Waals surface area contributed by atoms with Crippen LogP contribution in [-0.2, 0) is 36.2 Å². The quantitative estimate of drug-likeness (QED) is 0.323. The summed E-state index contributed by atoms with van der Waals surface area (Å²) in [6.45, 7) is 0. The molecule has 2 saturated heterocycles. The molecule has 2 atom stereocenters. The summed E-state index contributed by atoms with van der Waals surface area (Å²) in [6, 6.07) is 0. The zero-order valence-electron chi connectivity index (χ0n) is 8.54. The highest BCUT2D eigenvalue weighted by atomic mass is 27.2. The maximum atomic E-state index is 11.0. The third-order valence-corrected chi connectivity index (χ3v) is 3.27. The van der Waals surface area contributed by atoms with E-state index >= 15 is 0 Å². The number of esters is 4. The first-order valence-corrected chi connectivity index (χ1v) is 5.94. The van der Waals surface area contributed by atoms with Crippen LogP contribution >= 0.6 is 0 Å². The van der Waals surface area contributed by atoms with E-state index in [-0.39, 0.29) is 12.8 Å². The molecule has 0 bridgehead atoms. The number of hydrogen-bond acceptors (Lipinski definition) is 8. The molecule has 2 fully saturated rings. The zero-order valence-corrected chi connectivity index (χ0v) is 9.96. The summed E-state index contributed by atoms with van der Waals surface area (Å²) in [7, 11) is 0. The van der Waals surface area contributed by atoms with Crippen molar-refractivity contribution in [2.45, 2.75) is 25.0 Å². The highest BCUT2D eigenvalue weighted by Crippen LogP contribution is 2.14. The van der Waals surface area contributed by atoms with Crippen LogP contribution in [0.15, 0.2) is 0 Å². The molecule has 0 aromatic carbocycles. The van der Waals surface area contributed by atoms with Crippen LogP contribution in [-0.4, -0.2) is 52.0 Å². The predicted octanol–water partition coefficient (Wildman–Crippen LogP) is -2.03. The summed E-state index contributed by atoms with van der Waals surface area (Å²) in [4.78, 5) is 43.4. The smallest absolute Gasteiger partial charge is 0.470 e. The van der Waals surface area contributed by atoms with Gasteiger partial charge in [0.1, 0.15) is 12.2 Å². The van der Waals surface area contributed by atoms with Gasteiger partial charge in [0.15, 0.2) is 0 Å². The van der Waals surface area contributed by atoms with Crippen LogP contribution in [0.5, 0.6) is 0 Å². The zero-order chi connectivity index (χ0) is 12.4. The van der Waals surface area contributed by atoms with E-state index in [0.717, 1.165) is 0 Å². The largest absolute Gasteiger partial charge is 0.650 e. The van der Waals surface area contributed by atoms with Crippen molar-refractivity contribution in [3.63, 3.8) is 0 Å². The predicted molar refractivity (Wildman–Crippen MR) is 48.3 cm³/mol. The van der Waals surface area contributed by atoms with Gasteiger partial charge in [-0.15, -0.1) is 0 Å². The second-order valence-corrected chi connectivity index (χ2v) is 4.33. The van der Waals surface area contributed by atoms with Crippen molar-refractivity contribution in [3.05, 3.63) is 0 Å². The maximum Gasteiger partial charge on any atom is 0.650 e. The molecule has 0 spiro atoms. The highest BCUT2D eigenvalue weighted by Gasteiger charge is 2.37. The van der Waals surface area contributed by atoms with Crippen LogP contribution in [0.25, 0.3) is 0 Å². The fourth-order valence-corrected chi connectivity index (χ4v) is 2.28. The first kappa shape index (κ1) is 12.2. The summed E-state index contributed by atoms with van der Waals surface area (Å²) < 4.78 is 18.6. The first-order chi connectivity index (χ1) is 8.06. The molecule has 8 nitrogen and oxygen atoms in total. The van der Waals surface area contributed by atoms with Crippen LogP contribution in [0.2, 0.25) is 0 Å². The van der Waals surface area contributed by atoms with Gasteiger partial charge < -0.3 is 17.1 Å². The monoisotopic (exact) mass is 258 g/mol. The topological polar surface area (TPSA) is 105 Å². The van der Waals surface area contributed by atoms with Gasteiger partial charge in [-0.1, -0.05) is 0 Å². The molecule has 0 aromatic heterocycles. The number of carbonyl (C=O) groups is 4. The van der Waals surface area contributed by atoms with E-state index in [1.54, 1.807) is 0 Å². The molecule has 2 rings (SSSR count). The summed E-state index contributed by atoms with van der Waals surface area (Å²) in [5.41, 5.74) is 0. The lowest BCUT2D eigenvalue weighted by Crippen LogP contribution is -2.27. The number of ether oxygens (including phenoxy) is 2. The molecule has 2 aliphatic rings. The second-order valence-electron chi connectivity index (χ2n) is 3.42. The molecule has 0 saturated carbocycles. The van der Waals surface area contributed by atoms with Crippen LogP contribution in [0.4, 0.5) is 0 Å². The van der Waals surface area contributed by atoms with Crippen LogP contribution in [0.3, 0.4) is 0 Å². The molecule has 0 N–H and O–H groups in total. The van der Waals surface area contributed by atoms with Gasteiger partial charge in [0.2, 0.25) is 0 Å². The van der Waals surface area contributed by atoms with Crippen molar-refractivity contribution in [1.82, 2.24) is 0 Å². The Labute approximate surface area is 102 Å². The number of hydrogen-bond donors (Lipinski definition) is 0. The molecule has 9 heteroatoms. The Balaban J connectivity index is 1.73. The van der Waals surface area contributed by atoms with Gasteiger partial charge in [-0.2, -0.15) is 0 Å². The lowest BCUT2D eigenvalue weighted by molar-refractivity contribution is -0.155. The molecular formula is C8H7AlO8. The summed E-state index contributed by atoms with van der Waals surface area (Å²) >= 11 is -1.66. The summed E-state index contributed by atoms with van der Waals surface area (Å²) in [5.74, 6) is -2.80. The van der Waals surface area contributed by atoms with Gasteiger partial charge in [0.05, 0.1) is 12.8 Å². The lowest BCUT2D eigenvalue weighted by atomic mass is 10.3. The van der Waals surface area contributed by atoms with Gasteiger partial charge in [-0.25, -0.2) is 9.59 Å². The van der Waals surface area contributed by atoms with Crippen LogP contribution in [0, 0.1) is 0 Å². The fraction of sp³-hybridized carbons (Fsp3) is 0.500. The third kappa shape index (κ3) is 2.89. The molecule has 2 heterocycles. The minimum Gasteiger partial charge on any atom is -0.470 e. The van der Waals surface area contributed by atoms with E-state index in [4.69, 9.17) is 7.58 Å². The molecule has 2 unspecified atom stereocenters. The van der Waals surface area contributed by atoms with Gasteiger partial charge in [-0.05, 0) is 0 Å². The molecule has 90 valence electrons. The van der Waals surface area contributed by atoms with E-state index in [0.29, 0.717) is 0 Å². The first-order valence-electron chi connectivity index (χ1n) is 4.78. The fourth-order valence-electron chi connectivity index (χ4n) is 1.37. The Kier molecular flexibility index (Phi) is 3.54. The van der Waals surface area contributed by atoms with Crippen molar-refractivity contribution in [1.29, 1.82) is 0 Å². The third-order valence-electron chi connectivity index (χ3n) is 2.20. The summed E-state index contributed by atoms with van der Waals surface area (Å²) in [6.07, 6.45) is -2.21. The molecule has 0 amide bonds. The van der Waals surface area contributed by atoms with Crippen molar-refractivity contribution in [2.24, 2.45) is 0 Å². The van der Waals surface area contributed by atoms with E-state index in [1.807, 2.05) is 0 Å². The minimum atomic E-state index is -1.66. The minimum absolute atomic E-state index is 0.150. The van der Waals surface area contributed by atoms with E-state index in [9.17, 15) is 19.2 Å². The van der Waals surface area contributed by atoms with Crippen molar-refractivity contribution < 1.29 is 36.2 Å². The molecule has 0 aromatic rings. The van der Waals surface area contributed by atoms with Crippen LogP contribution in [0.1, 0.15) is 12.8 Å². The maximum absolute atomic E-state index is 11.0. The Bertz CT molecular complexity index is 355. The Morgan fingerprint density at radius 2 is 1.29 bits per heavy atom. The van der Waals surface area contributed by atoms with Gasteiger partial charge in [0.25, 0.3) is 0 Å². The molecule has 0 radical (unpaired) electrons. The normalized spacial score (nSPS) is 28.2. The lowest BCUT2D eigenvalue weighted by Gasteiger charge is -2.09. The molecule has 2 aliphatic heterocycles. The van der Waals surface area contributed by atoms with Crippen molar-refractivity contribution in [2.75, 3.05) is 0 Å².